The maximum absolute atomic E-state index is 13.0. The SMILES string of the molecule is O=CCCc1c(F)c(O)cc(O)c1F. The highest BCUT2D eigenvalue weighted by Crippen LogP contribution is 2.30. The molecule has 0 amide bonds. The lowest BCUT2D eigenvalue weighted by molar-refractivity contribution is -0.107. The number of phenols is 2. The molecule has 2 N–H and O–H groups in total. The van der Waals surface area contributed by atoms with Crippen molar-refractivity contribution in [2.24, 2.45) is 0 Å². The van der Waals surface area contributed by atoms with Gasteiger partial charge in [0.1, 0.15) is 6.29 Å². The molecule has 0 aromatic heterocycles. The number of halogens is 2. The normalized spacial score (nSPS) is 10.1. The molecule has 0 atom stereocenters. The smallest absolute Gasteiger partial charge is 0.171 e. The Kier molecular flexibility index (Phi) is 3.01. The van der Waals surface area contributed by atoms with Crippen LogP contribution < -0.4 is 0 Å². The maximum atomic E-state index is 13.0. The summed E-state index contributed by atoms with van der Waals surface area (Å²) in [5.41, 5.74) is -0.477. The summed E-state index contributed by atoms with van der Waals surface area (Å²) in [6, 6.07) is 0.578. The van der Waals surface area contributed by atoms with Crippen LogP contribution in [0.2, 0.25) is 0 Å². The fourth-order valence-corrected chi connectivity index (χ4v) is 1.08. The standard InChI is InChI=1S/C9H8F2O3/c10-8-5(2-1-3-12)9(11)7(14)4-6(8)13/h3-4,13-14H,1-2H2. The predicted octanol–water partition coefficient (Wildman–Crippen LogP) is 1.51. The molecular weight excluding hydrogens is 194 g/mol. The van der Waals surface area contributed by atoms with E-state index < -0.39 is 28.7 Å². The monoisotopic (exact) mass is 202 g/mol. The molecule has 0 bridgehead atoms. The molecular formula is C9H8F2O3. The van der Waals surface area contributed by atoms with Crippen molar-refractivity contribution < 1.29 is 23.8 Å². The Morgan fingerprint density at radius 3 is 2.14 bits per heavy atom. The van der Waals surface area contributed by atoms with Gasteiger partial charge in [-0.3, -0.25) is 0 Å². The molecule has 0 saturated heterocycles. The van der Waals surface area contributed by atoms with Crippen molar-refractivity contribution in [3.05, 3.63) is 23.3 Å². The number of phenolic OH excluding ortho intramolecular Hbond substituents is 2. The molecule has 0 aliphatic carbocycles. The van der Waals surface area contributed by atoms with Crippen LogP contribution in [0.15, 0.2) is 6.07 Å². The molecule has 1 aromatic carbocycles. The Balaban J connectivity index is 3.17. The Morgan fingerprint density at radius 1 is 1.21 bits per heavy atom. The number of benzene rings is 1. The van der Waals surface area contributed by atoms with Crippen LogP contribution in [0.5, 0.6) is 11.5 Å². The first-order valence-corrected chi connectivity index (χ1v) is 3.90. The van der Waals surface area contributed by atoms with Crippen molar-refractivity contribution >= 4 is 6.29 Å². The number of hydrogen-bond donors (Lipinski definition) is 2. The second-order valence-corrected chi connectivity index (χ2v) is 2.73. The van der Waals surface area contributed by atoms with Crippen LogP contribution in [-0.2, 0) is 11.2 Å². The summed E-state index contributed by atoms with van der Waals surface area (Å²) in [5.74, 6) is -3.93. The molecule has 0 spiro atoms. The van der Waals surface area contributed by atoms with Gasteiger partial charge in [-0.15, -0.1) is 0 Å². The first-order valence-electron chi connectivity index (χ1n) is 3.90. The van der Waals surface area contributed by atoms with Crippen LogP contribution in [-0.4, -0.2) is 16.5 Å². The Labute approximate surface area is 78.6 Å². The third kappa shape index (κ3) is 1.81. The van der Waals surface area contributed by atoms with Gasteiger partial charge >= 0.3 is 0 Å². The number of rotatable bonds is 3. The molecule has 14 heavy (non-hydrogen) atoms. The minimum atomic E-state index is -1.14. The van der Waals surface area contributed by atoms with E-state index in [0.717, 1.165) is 0 Å². The lowest BCUT2D eigenvalue weighted by Gasteiger charge is -2.06. The first-order chi connectivity index (χ1) is 6.57. The van der Waals surface area contributed by atoms with Crippen molar-refractivity contribution in [3.8, 4) is 11.5 Å². The molecule has 0 fully saturated rings. The van der Waals surface area contributed by atoms with E-state index in [4.69, 9.17) is 10.2 Å². The van der Waals surface area contributed by atoms with Crippen molar-refractivity contribution in [1.29, 1.82) is 0 Å². The predicted molar refractivity (Wildman–Crippen MR) is 44.1 cm³/mol. The number of hydrogen-bond acceptors (Lipinski definition) is 3. The van der Waals surface area contributed by atoms with Gasteiger partial charge in [-0.1, -0.05) is 0 Å². The maximum Gasteiger partial charge on any atom is 0.171 e. The first kappa shape index (κ1) is 10.4. The molecule has 1 aromatic rings. The molecule has 0 radical (unpaired) electrons. The van der Waals surface area contributed by atoms with E-state index in [1.165, 1.54) is 0 Å². The highest BCUT2D eigenvalue weighted by atomic mass is 19.1. The van der Waals surface area contributed by atoms with Gasteiger partial charge in [-0.05, 0) is 6.42 Å². The van der Waals surface area contributed by atoms with Gasteiger partial charge in [0.15, 0.2) is 23.1 Å². The molecule has 0 heterocycles. The highest BCUT2D eigenvalue weighted by Gasteiger charge is 2.17. The highest BCUT2D eigenvalue weighted by molar-refractivity contribution is 5.51. The van der Waals surface area contributed by atoms with E-state index in [1.807, 2.05) is 0 Å². The lowest BCUT2D eigenvalue weighted by Crippen LogP contribution is -1.97. The van der Waals surface area contributed by atoms with Crippen LogP contribution in [0.1, 0.15) is 12.0 Å². The van der Waals surface area contributed by atoms with Gasteiger partial charge in [0.2, 0.25) is 0 Å². The minimum absolute atomic E-state index is 0.0727. The molecule has 0 aliphatic heterocycles. The average molecular weight is 202 g/mol. The molecule has 5 heteroatoms. The van der Waals surface area contributed by atoms with Crippen LogP contribution in [0, 0.1) is 11.6 Å². The zero-order valence-electron chi connectivity index (χ0n) is 7.13. The number of aldehydes is 1. The van der Waals surface area contributed by atoms with Gasteiger partial charge in [0.05, 0.1) is 0 Å². The molecule has 0 saturated carbocycles. The van der Waals surface area contributed by atoms with E-state index in [1.54, 1.807) is 0 Å². The average Bonchev–Trinajstić information content (AvgIpc) is 2.15. The van der Waals surface area contributed by atoms with Crippen molar-refractivity contribution in [2.45, 2.75) is 12.8 Å². The summed E-state index contributed by atoms with van der Waals surface area (Å²) in [7, 11) is 0. The van der Waals surface area contributed by atoms with Crippen molar-refractivity contribution in [2.75, 3.05) is 0 Å². The van der Waals surface area contributed by atoms with Crippen LogP contribution >= 0.6 is 0 Å². The largest absolute Gasteiger partial charge is 0.505 e. The summed E-state index contributed by atoms with van der Waals surface area (Å²) < 4.78 is 26.1. The van der Waals surface area contributed by atoms with Crippen molar-refractivity contribution in [3.63, 3.8) is 0 Å². The number of carbonyl (C=O) groups excluding carboxylic acids is 1. The van der Waals surface area contributed by atoms with Gasteiger partial charge in [0, 0.05) is 18.1 Å². The summed E-state index contributed by atoms with van der Waals surface area (Å²) in [5, 5.41) is 17.8. The second-order valence-electron chi connectivity index (χ2n) is 2.73. The van der Waals surface area contributed by atoms with Gasteiger partial charge in [-0.25, -0.2) is 8.78 Å². The van der Waals surface area contributed by atoms with Crippen LogP contribution in [0.25, 0.3) is 0 Å². The molecule has 3 nitrogen and oxygen atoms in total. The second kappa shape index (κ2) is 4.04. The summed E-state index contributed by atoms with van der Waals surface area (Å²) >= 11 is 0. The van der Waals surface area contributed by atoms with E-state index in [0.29, 0.717) is 12.4 Å². The van der Waals surface area contributed by atoms with Crippen LogP contribution in [0.4, 0.5) is 8.78 Å². The molecule has 76 valence electrons. The summed E-state index contributed by atoms with van der Waals surface area (Å²) in [6.45, 7) is 0. The zero-order valence-corrected chi connectivity index (χ0v) is 7.13. The molecule has 0 aliphatic rings. The third-order valence-corrected chi connectivity index (χ3v) is 1.77. The summed E-state index contributed by atoms with van der Waals surface area (Å²) in [4.78, 5) is 10.0. The van der Waals surface area contributed by atoms with E-state index in [-0.39, 0.29) is 12.8 Å². The fraction of sp³-hybridized carbons (Fsp3) is 0.222. The number of aromatic hydroxyl groups is 2. The van der Waals surface area contributed by atoms with Gasteiger partial charge < -0.3 is 15.0 Å². The van der Waals surface area contributed by atoms with Gasteiger partial charge in [-0.2, -0.15) is 0 Å². The Bertz CT molecular complexity index is 337. The number of carbonyl (C=O) groups is 1. The quantitative estimate of drug-likeness (QED) is 0.730. The zero-order chi connectivity index (χ0) is 10.7. The minimum Gasteiger partial charge on any atom is -0.505 e. The van der Waals surface area contributed by atoms with Crippen molar-refractivity contribution in [1.82, 2.24) is 0 Å². The molecule has 0 unspecified atom stereocenters. The van der Waals surface area contributed by atoms with E-state index >= 15 is 0 Å². The topological polar surface area (TPSA) is 57.5 Å². The van der Waals surface area contributed by atoms with E-state index in [9.17, 15) is 13.6 Å². The van der Waals surface area contributed by atoms with Crippen LogP contribution in [0.3, 0.4) is 0 Å². The Morgan fingerprint density at radius 2 is 1.71 bits per heavy atom. The fourth-order valence-electron chi connectivity index (χ4n) is 1.08. The lowest BCUT2D eigenvalue weighted by atomic mass is 10.1. The van der Waals surface area contributed by atoms with Gasteiger partial charge in [0.25, 0.3) is 0 Å². The summed E-state index contributed by atoms with van der Waals surface area (Å²) in [6.07, 6.45) is 0.236. The van der Waals surface area contributed by atoms with E-state index in [2.05, 4.69) is 0 Å². The molecule has 1 rings (SSSR count). The third-order valence-electron chi connectivity index (χ3n) is 1.77. The Hall–Kier alpha value is -1.65.